The Labute approximate surface area is 129 Å². The topological polar surface area (TPSA) is 77.7 Å². The van der Waals surface area contributed by atoms with Crippen molar-refractivity contribution in [2.24, 2.45) is 5.41 Å². The van der Waals surface area contributed by atoms with Crippen molar-refractivity contribution in [2.45, 2.75) is 38.1 Å². The first-order chi connectivity index (χ1) is 10.6. The van der Waals surface area contributed by atoms with Crippen LogP contribution in [0.1, 0.15) is 43.3 Å². The summed E-state index contributed by atoms with van der Waals surface area (Å²) in [5, 5.41) is 3.98. The lowest BCUT2D eigenvalue weighted by Gasteiger charge is -2.37. The van der Waals surface area contributed by atoms with E-state index in [0.29, 0.717) is 56.8 Å². The average molecular weight is 309 g/mol. The van der Waals surface area contributed by atoms with Crippen LogP contribution in [-0.2, 0) is 20.8 Å². The van der Waals surface area contributed by atoms with Gasteiger partial charge in [0.1, 0.15) is 0 Å². The fourth-order valence-electron chi connectivity index (χ4n) is 2.97. The predicted molar refractivity (Wildman–Crippen MR) is 77.1 cm³/mol. The summed E-state index contributed by atoms with van der Waals surface area (Å²) in [5.74, 6) is 1.76. The monoisotopic (exact) mass is 309 g/mol. The highest BCUT2D eigenvalue weighted by molar-refractivity contribution is 5.82. The van der Waals surface area contributed by atoms with Crippen LogP contribution in [0, 0.1) is 5.41 Å². The van der Waals surface area contributed by atoms with Crippen LogP contribution in [0.5, 0.6) is 0 Å². The SMILES string of the molecule is COCC1(C(=O)N(C)Cc2noc(C3CC3)n2)CCOCC1. The van der Waals surface area contributed by atoms with E-state index in [-0.39, 0.29) is 5.91 Å². The summed E-state index contributed by atoms with van der Waals surface area (Å²) in [6.45, 7) is 1.97. The van der Waals surface area contributed by atoms with Crippen molar-refractivity contribution in [1.29, 1.82) is 0 Å². The van der Waals surface area contributed by atoms with Crippen LogP contribution < -0.4 is 0 Å². The van der Waals surface area contributed by atoms with Crippen molar-refractivity contribution >= 4 is 5.91 Å². The maximum Gasteiger partial charge on any atom is 0.231 e. The second-order valence-electron chi connectivity index (χ2n) is 6.31. The second-order valence-corrected chi connectivity index (χ2v) is 6.31. The minimum Gasteiger partial charge on any atom is -0.384 e. The summed E-state index contributed by atoms with van der Waals surface area (Å²) in [7, 11) is 3.41. The number of carbonyl (C=O) groups is 1. The fourth-order valence-corrected chi connectivity index (χ4v) is 2.97. The quantitative estimate of drug-likeness (QED) is 0.789. The Morgan fingerprint density at radius 3 is 2.77 bits per heavy atom. The molecular weight excluding hydrogens is 286 g/mol. The van der Waals surface area contributed by atoms with Crippen LogP contribution in [0.4, 0.5) is 0 Å². The molecule has 0 radical (unpaired) electrons. The molecule has 1 aromatic heterocycles. The van der Waals surface area contributed by atoms with Gasteiger partial charge in [-0.15, -0.1) is 0 Å². The number of hydrogen-bond donors (Lipinski definition) is 0. The number of nitrogens with zero attached hydrogens (tertiary/aromatic N) is 3. The molecule has 2 heterocycles. The summed E-state index contributed by atoms with van der Waals surface area (Å²) in [6.07, 6.45) is 3.61. The van der Waals surface area contributed by atoms with E-state index in [0.717, 1.165) is 12.8 Å². The number of ether oxygens (including phenoxy) is 2. The second kappa shape index (κ2) is 6.34. The third-order valence-corrected chi connectivity index (χ3v) is 4.46. The number of methoxy groups -OCH3 is 1. The van der Waals surface area contributed by atoms with Gasteiger partial charge in [0.25, 0.3) is 0 Å². The van der Waals surface area contributed by atoms with E-state index in [1.807, 2.05) is 0 Å². The zero-order valence-electron chi connectivity index (χ0n) is 13.2. The number of hydrogen-bond acceptors (Lipinski definition) is 6. The van der Waals surface area contributed by atoms with Gasteiger partial charge in [0.2, 0.25) is 11.8 Å². The first-order valence-electron chi connectivity index (χ1n) is 7.79. The smallest absolute Gasteiger partial charge is 0.231 e. The third-order valence-electron chi connectivity index (χ3n) is 4.46. The number of amides is 1. The minimum atomic E-state index is -0.495. The van der Waals surface area contributed by atoms with Gasteiger partial charge in [-0.2, -0.15) is 4.98 Å². The average Bonchev–Trinajstić information content (AvgIpc) is 3.28. The molecule has 0 bridgehead atoms. The normalized spacial score (nSPS) is 20.8. The van der Waals surface area contributed by atoms with Crippen LogP contribution in [0.15, 0.2) is 4.52 Å². The molecule has 0 spiro atoms. The minimum absolute atomic E-state index is 0.0652. The van der Waals surface area contributed by atoms with Gasteiger partial charge in [-0.25, -0.2) is 0 Å². The zero-order valence-corrected chi connectivity index (χ0v) is 13.2. The molecule has 0 atom stereocenters. The molecule has 1 aliphatic heterocycles. The van der Waals surface area contributed by atoms with Gasteiger partial charge in [-0.05, 0) is 25.7 Å². The van der Waals surface area contributed by atoms with E-state index < -0.39 is 5.41 Å². The van der Waals surface area contributed by atoms with E-state index >= 15 is 0 Å². The summed E-state index contributed by atoms with van der Waals surface area (Å²) >= 11 is 0. The van der Waals surface area contributed by atoms with Gasteiger partial charge >= 0.3 is 0 Å². The van der Waals surface area contributed by atoms with Gasteiger partial charge in [-0.1, -0.05) is 5.16 Å². The van der Waals surface area contributed by atoms with Crippen molar-refractivity contribution in [3.05, 3.63) is 11.7 Å². The molecule has 2 aliphatic rings. The van der Waals surface area contributed by atoms with Crippen LogP contribution in [0.25, 0.3) is 0 Å². The summed E-state index contributed by atoms with van der Waals surface area (Å²) in [4.78, 5) is 18.9. The summed E-state index contributed by atoms with van der Waals surface area (Å²) in [5.41, 5.74) is -0.495. The molecule has 0 aromatic carbocycles. The van der Waals surface area contributed by atoms with Crippen LogP contribution in [-0.4, -0.2) is 54.9 Å². The molecule has 1 aromatic rings. The van der Waals surface area contributed by atoms with Gasteiger partial charge in [-0.3, -0.25) is 4.79 Å². The van der Waals surface area contributed by atoms with Crippen LogP contribution in [0.2, 0.25) is 0 Å². The van der Waals surface area contributed by atoms with E-state index in [2.05, 4.69) is 10.1 Å². The number of aromatic nitrogens is 2. The Morgan fingerprint density at radius 1 is 1.41 bits per heavy atom. The summed E-state index contributed by atoms with van der Waals surface area (Å²) in [6, 6.07) is 0. The largest absolute Gasteiger partial charge is 0.384 e. The van der Waals surface area contributed by atoms with Gasteiger partial charge in [0.15, 0.2) is 5.82 Å². The highest BCUT2D eigenvalue weighted by Crippen LogP contribution is 2.39. The Kier molecular flexibility index (Phi) is 4.44. The van der Waals surface area contributed by atoms with Crippen molar-refractivity contribution in [1.82, 2.24) is 15.0 Å². The molecule has 22 heavy (non-hydrogen) atoms. The zero-order chi connectivity index (χ0) is 15.6. The van der Waals surface area contributed by atoms with Crippen LogP contribution >= 0.6 is 0 Å². The van der Waals surface area contributed by atoms with E-state index in [9.17, 15) is 4.79 Å². The molecule has 2 fully saturated rings. The first-order valence-corrected chi connectivity index (χ1v) is 7.79. The van der Waals surface area contributed by atoms with Gasteiger partial charge in [0, 0.05) is 33.3 Å². The number of rotatable bonds is 6. The Morgan fingerprint density at radius 2 is 2.14 bits per heavy atom. The lowest BCUT2D eigenvalue weighted by atomic mass is 9.79. The molecule has 1 amide bonds. The molecule has 1 aliphatic carbocycles. The van der Waals surface area contributed by atoms with Gasteiger partial charge < -0.3 is 18.9 Å². The van der Waals surface area contributed by atoms with Crippen molar-refractivity contribution in [3.63, 3.8) is 0 Å². The van der Waals surface area contributed by atoms with Crippen molar-refractivity contribution in [3.8, 4) is 0 Å². The van der Waals surface area contributed by atoms with Gasteiger partial charge in [0.05, 0.1) is 18.6 Å². The maximum atomic E-state index is 12.9. The molecule has 122 valence electrons. The maximum absolute atomic E-state index is 12.9. The molecule has 1 saturated carbocycles. The molecule has 0 unspecified atom stereocenters. The van der Waals surface area contributed by atoms with Crippen molar-refractivity contribution < 1.29 is 18.8 Å². The first kappa shape index (κ1) is 15.4. The summed E-state index contributed by atoms with van der Waals surface area (Å²) < 4.78 is 15.9. The third kappa shape index (κ3) is 3.15. The fraction of sp³-hybridized carbons (Fsp3) is 0.800. The molecule has 3 rings (SSSR count). The Bertz CT molecular complexity index is 515. The van der Waals surface area contributed by atoms with Crippen LogP contribution in [0.3, 0.4) is 0 Å². The molecule has 7 nitrogen and oxygen atoms in total. The molecule has 7 heteroatoms. The lowest BCUT2D eigenvalue weighted by Crippen LogP contribution is -2.48. The Balaban J connectivity index is 1.65. The predicted octanol–water partition coefficient (Wildman–Crippen LogP) is 1.35. The standard InChI is InChI=1S/C15H23N3O4/c1-18(9-12-16-13(22-17-12)11-3-4-11)14(19)15(10-20-2)5-7-21-8-6-15/h11H,3-10H2,1-2H3. The molecule has 0 N–H and O–H groups in total. The molecular formula is C15H23N3O4. The lowest BCUT2D eigenvalue weighted by molar-refractivity contribution is -0.152. The van der Waals surface area contributed by atoms with E-state index in [1.165, 1.54) is 0 Å². The Hall–Kier alpha value is -1.47. The molecule has 1 saturated heterocycles. The van der Waals surface area contributed by atoms with Crippen molar-refractivity contribution in [2.75, 3.05) is 34.0 Å². The highest BCUT2D eigenvalue weighted by atomic mass is 16.5. The van der Waals surface area contributed by atoms with E-state index in [1.54, 1.807) is 19.1 Å². The van der Waals surface area contributed by atoms with E-state index in [4.69, 9.17) is 14.0 Å². The number of carbonyl (C=O) groups excluding carboxylic acids is 1. The highest BCUT2D eigenvalue weighted by Gasteiger charge is 2.42.